The van der Waals surface area contributed by atoms with Gasteiger partial charge in [0.1, 0.15) is 5.82 Å². The highest BCUT2D eigenvalue weighted by molar-refractivity contribution is 5.91. The van der Waals surface area contributed by atoms with Gasteiger partial charge >= 0.3 is 5.97 Å². The second-order valence-corrected chi connectivity index (χ2v) is 4.66. The summed E-state index contributed by atoms with van der Waals surface area (Å²) in [6, 6.07) is 6.23. The van der Waals surface area contributed by atoms with Crippen LogP contribution in [0.2, 0.25) is 0 Å². The van der Waals surface area contributed by atoms with Crippen LogP contribution >= 0.6 is 0 Å². The summed E-state index contributed by atoms with van der Waals surface area (Å²) in [5.41, 5.74) is 2.08. The number of carbonyl (C=O) groups excluding carboxylic acids is 1. The fourth-order valence-electron chi connectivity index (χ4n) is 2.00. The molecule has 0 radical (unpaired) electrons. The summed E-state index contributed by atoms with van der Waals surface area (Å²) in [6.45, 7) is 4.00. The van der Waals surface area contributed by atoms with E-state index in [1.165, 1.54) is 19.2 Å². The van der Waals surface area contributed by atoms with Gasteiger partial charge in [0, 0.05) is 18.1 Å². The number of methoxy groups -OCH3 is 1. The molecule has 2 rings (SSSR count). The fourth-order valence-corrected chi connectivity index (χ4v) is 2.00. The van der Waals surface area contributed by atoms with E-state index in [1.54, 1.807) is 22.9 Å². The van der Waals surface area contributed by atoms with Crippen LogP contribution in [0, 0.1) is 5.82 Å². The number of ether oxygens (including phenoxy) is 1. The number of benzene rings is 1. The Balaban J connectivity index is 2.51. The minimum absolute atomic E-state index is 0.184. The molecule has 1 aromatic carbocycles. The molecule has 0 spiro atoms. The molecule has 0 saturated carbocycles. The highest BCUT2D eigenvalue weighted by Crippen LogP contribution is 2.24. The topological polar surface area (TPSA) is 31.2 Å². The average molecular weight is 261 g/mol. The first kappa shape index (κ1) is 13.3. The van der Waals surface area contributed by atoms with Gasteiger partial charge in [-0.15, -0.1) is 0 Å². The van der Waals surface area contributed by atoms with Gasteiger partial charge in [-0.25, -0.2) is 9.18 Å². The first-order valence-corrected chi connectivity index (χ1v) is 6.09. The minimum Gasteiger partial charge on any atom is -0.465 e. The van der Waals surface area contributed by atoms with Crippen LogP contribution in [-0.4, -0.2) is 17.6 Å². The highest BCUT2D eigenvalue weighted by atomic mass is 19.1. The van der Waals surface area contributed by atoms with Crippen molar-refractivity contribution in [2.75, 3.05) is 7.11 Å². The largest absolute Gasteiger partial charge is 0.465 e. The molecular weight excluding hydrogens is 245 g/mol. The third-order valence-electron chi connectivity index (χ3n) is 2.99. The second kappa shape index (κ2) is 5.26. The average Bonchev–Trinajstić information content (AvgIpc) is 2.83. The summed E-state index contributed by atoms with van der Waals surface area (Å²) < 4.78 is 19.8. The maximum atomic E-state index is 13.2. The van der Waals surface area contributed by atoms with E-state index in [0.717, 1.165) is 5.56 Å². The first-order chi connectivity index (χ1) is 9.02. The van der Waals surface area contributed by atoms with Gasteiger partial charge in [0.2, 0.25) is 0 Å². The lowest BCUT2D eigenvalue weighted by Gasteiger charge is -2.04. The van der Waals surface area contributed by atoms with Crippen LogP contribution in [0.1, 0.15) is 35.7 Å². The lowest BCUT2D eigenvalue weighted by atomic mass is 10.0. The third kappa shape index (κ3) is 2.67. The molecule has 0 unspecified atom stereocenters. The summed E-state index contributed by atoms with van der Waals surface area (Å²) in [6.07, 6.45) is 3.52. The SMILES string of the molecule is COC(=O)c1cn(-c2cccc(F)c2)cc1C(C)C. The van der Waals surface area contributed by atoms with Crippen LogP contribution in [0.4, 0.5) is 4.39 Å². The van der Waals surface area contributed by atoms with E-state index in [0.29, 0.717) is 11.3 Å². The minimum atomic E-state index is -0.376. The van der Waals surface area contributed by atoms with Crippen molar-refractivity contribution in [3.05, 3.63) is 53.6 Å². The number of halogens is 1. The molecule has 1 aromatic heterocycles. The Hall–Kier alpha value is -2.10. The number of aromatic nitrogens is 1. The molecule has 4 heteroatoms. The Morgan fingerprint density at radius 1 is 1.32 bits per heavy atom. The maximum Gasteiger partial charge on any atom is 0.339 e. The van der Waals surface area contributed by atoms with Crippen LogP contribution in [-0.2, 0) is 4.74 Å². The van der Waals surface area contributed by atoms with Crippen LogP contribution < -0.4 is 0 Å². The molecule has 19 heavy (non-hydrogen) atoms. The van der Waals surface area contributed by atoms with E-state index in [4.69, 9.17) is 4.74 Å². The Morgan fingerprint density at radius 2 is 2.05 bits per heavy atom. The molecule has 0 amide bonds. The van der Waals surface area contributed by atoms with Crippen molar-refractivity contribution in [2.45, 2.75) is 19.8 Å². The Morgan fingerprint density at radius 3 is 2.63 bits per heavy atom. The Bertz CT molecular complexity index is 602. The molecule has 3 nitrogen and oxygen atoms in total. The standard InChI is InChI=1S/C15H16FNO2/c1-10(2)13-8-17(9-14(13)15(18)19-3)12-6-4-5-11(16)7-12/h4-10H,1-3H3. The van der Waals surface area contributed by atoms with Gasteiger partial charge in [-0.1, -0.05) is 19.9 Å². The number of hydrogen-bond donors (Lipinski definition) is 0. The zero-order chi connectivity index (χ0) is 14.0. The lowest BCUT2D eigenvalue weighted by molar-refractivity contribution is 0.0599. The maximum absolute atomic E-state index is 13.2. The van der Waals surface area contributed by atoms with Crippen molar-refractivity contribution in [2.24, 2.45) is 0 Å². The van der Waals surface area contributed by atoms with E-state index < -0.39 is 0 Å². The van der Waals surface area contributed by atoms with Crippen molar-refractivity contribution in [3.8, 4) is 5.69 Å². The smallest absolute Gasteiger partial charge is 0.339 e. The summed E-state index contributed by atoms with van der Waals surface area (Å²) in [5, 5.41) is 0. The Labute approximate surface area is 111 Å². The summed E-state index contributed by atoms with van der Waals surface area (Å²) >= 11 is 0. The first-order valence-electron chi connectivity index (χ1n) is 6.09. The van der Waals surface area contributed by atoms with Gasteiger partial charge < -0.3 is 9.30 Å². The number of hydrogen-bond acceptors (Lipinski definition) is 2. The van der Waals surface area contributed by atoms with E-state index in [1.807, 2.05) is 20.0 Å². The monoisotopic (exact) mass is 261 g/mol. The molecular formula is C15H16FNO2. The molecule has 2 aromatic rings. The quantitative estimate of drug-likeness (QED) is 0.791. The molecule has 0 fully saturated rings. The number of esters is 1. The molecule has 0 aliphatic rings. The molecule has 0 N–H and O–H groups in total. The van der Waals surface area contributed by atoms with Gasteiger partial charge in [-0.05, 0) is 29.7 Å². The molecule has 1 heterocycles. The molecule has 100 valence electrons. The lowest BCUT2D eigenvalue weighted by Crippen LogP contribution is -2.03. The molecule has 0 saturated heterocycles. The van der Waals surface area contributed by atoms with Crippen molar-refractivity contribution < 1.29 is 13.9 Å². The summed E-state index contributed by atoms with van der Waals surface area (Å²) in [7, 11) is 1.35. The predicted molar refractivity (Wildman–Crippen MR) is 71.2 cm³/mol. The third-order valence-corrected chi connectivity index (χ3v) is 2.99. The van der Waals surface area contributed by atoms with Crippen LogP contribution in [0.25, 0.3) is 5.69 Å². The Kier molecular flexibility index (Phi) is 3.69. The zero-order valence-electron chi connectivity index (χ0n) is 11.2. The fraction of sp³-hybridized carbons (Fsp3) is 0.267. The summed E-state index contributed by atoms with van der Waals surface area (Å²) in [4.78, 5) is 11.7. The van der Waals surface area contributed by atoms with Gasteiger partial charge in [-0.2, -0.15) is 0 Å². The van der Waals surface area contributed by atoms with Gasteiger partial charge in [-0.3, -0.25) is 0 Å². The number of carbonyl (C=O) groups is 1. The molecule has 0 atom stereocenters. The predicted octanol–water partition coefficient (Wildman–Crippen LogP) is 3.53. The van der Waals surface area contributed by atoms with Crippen LogP contribution in [0.3, 0.4) is 0 Å². The van der Waals surface area contributed by atoms with E-state index in [-0.39, 0.29) is 17.7 Å². The number of rotatable bonds is 3. The van der Waals surface area contributed by atoms with Gasteiger partial charge in [0.05, 0.1) is 12.7 Å². The van der Waals surface area contributed by atoms with Gasteiger partial charge in [0.25, 0.3) is 0 Å². The zero-order valence-corrected chi connectivity index (χ0v) is 11.2. The highest BCUT2D eigenvalue weighted by Gasteiger charge is 2.17. The second-order valence-electron chi connectivity index (χ2n) is 4.66. The van der Waals surface area contributed by atoms with Crippen molar-refractivity contribution in [3.63, 3.8) is 0 Å². The van der Waals surface area contributed by atoms with Gasteiger partial charge in [0.15, 0.2) is 0 Å². The van der Waals surface area contributed by atoms with Crippen LogP contribution in [0.5, 0.6) is 0 Å². The number of nitrogens with zero attached hydrogens (tertiary/aromatic N) is 1. The molecule has 0 aliphatic heterocycles. The van der Waals surface area contributed by atoms with Crippen molar-refractivity contribution >= 4 is 5.97 Å². The molecule has 0 aliphatic carbocycles. The van der Waals surface area contributed by atoms with E-state index >= 15 is 0 Å². The van der Waals surface area contributed by atoms with E-state index in [2.05, 4.69) is 0 Å². The van der Waals surface area contributed by atoms with Crippen molar-refractivity contribution in [1.82, 2.24) is 4.57 Å². The van der Waals surface area contributed by atoms with Crippen molar-refractivity contribution in [1.29, 1.82) is 0 Å². The molecule has 0 bridgehead atoms. The van der Waals surface area contributed by atoms with E-state index in [9.17, 15) is 9.18 Å². The summed E-state index contributed by atoms with van der Waals surface area (Å²) in [5.74, 6) is -0.500. The van der Waals surface area contributed by atoms with Crippen LogP contribution in [0.15, 0.2) is 36.7 Å². The normalized spacial score (nSPS) is 10.8.